The van der Waals surface area contributed by atoms with Crippen molar-refractivity contribution in [3.63, 3.8) is 0 Å². The summed E-state index contributed by atoms with van der Waals surface area (Å²) in [6.45, 7) is 1.28. The van der Waals surface area contributed by atoms with Crippen molar-refractivity contribution in [3.05, 3.63) is 59.2 Å². The molecule has 5 heteroatoms. The van der Waals surface area contributed by atoms with Crippen molar-refractivity contribution in [3.8, 4) is 11.5 Å². The van der Waals surface area contributed by atoms with Crippen LogP contribution in [0.15, 0.2) is 42.5 Å². The molecule has 1 aliphatic carbocycles. The van der Waals surface area contributed by atoms with Crippen molar-refractivity contribution < 1.29 is 19.0 Å². The van der Waals surface area contributed by atoms with Crippen LogP contribution in [0, 0.1) is 0 Å². The Morgan fingerprint density at radius 2 is 1.97 bits per heavy atom. The minimum absolute atomic E-state index is 0.0397. The average molecular weight is 398 g/mol. The van der Waals surface area contributed by atoms with Gasteiger partial charge in [0.25, 0.3) is 0 Å². The number of hydrogen-bond acceptors (Lipinski definition) is 4. The molecule has 29 heavy (non-hydrogen) atoms. The molecule has 1 aliphatic rings. The summed E-state index contributed by atoms with van der Waals surface area (Å²) in [4.78, 5) is 12.2. The van der Waals surface area contributed by atoms with Gasteiger partial charge in [-0.15, -0.1) is 0 Å². The van der Waals surface area contributed by atoms with Crippen LogP contribution in [0.4, 0.5) is 0 Å². The Kier molecular flexibility index (Phi) is 7.94. The summed E-state index contributed by atoms with van der Waals surface area (Å²) in [5, 5.41) is 2.98. The zero-order valence-corrected chi connectivity index (χ0v) is 17.4. The number of hydrogen-bond donors (Lipinski definition) is 1. The predicted octanol–water partition coefficient (Wildman–Crippen LogP) is 4.24. The molecular weight excluding hydrogens is 366 g/mol. The zero-order chi connectivity index (χ0) is 20.5. The predicted molar refractivity (Wildman–Crippen MR) is 114 cm³/mol. The highest BCUT2D eigenvalue weighted by atomic mass is 16.5. The van der Waals surface area contributed by atoms with Gasteiger partial charge in [-0.05, 0) is 54.9 Å². The fraction of sp³-hybridized carbons (Fsp3) is 0.458. The lowest BCUT2D eigenvalue weighted by Crippen LogP contribution is -2.26. The van der Waals surface area contributed by atoms with Crippen LogP contribution in [0.5, 0.6) is 11.5 Å². The maximum Gasteiger partial charge on any atom is 0.220 e. The standard InChI is InChI=1S/C24H31NO4/c1-27-22-13-6-10-19(24(22)28-2)14-15-23(26)25-16-7-17-29-21-12-5-9-18-8-3-4-11-20(18)21/h3-4,6,8,10-11,13,21H,5,7,9,12,14-17H2,1-2H3,(H,25,26). The van der Waals surface area contributed by atoms with E-state index in [1.165, 1.54) is 17.5 Å². The monoisotopic (exact) mass is 397 g/mol. The number of methoxy groups -OCH3 is 2. The number of para-hydroxylation sites is 1. The summed E-state index contributed by atoms with van der Waals surface area (Å²) in [6, 6.07) is 14.3. The number of carbonyl (C=O) groups is 1. The first-order valence-electron chi connectivity index (χ1n) is 10.4. The van der Waals surface area contributed by atoms with Gasteiger partial charge in [-0.1, -0.05) is 36.4 Å². The topological polar surface area (TPSA) is 56.8 Å². The number of fused-ring (bicyclic) bond motifs is 1. The normalized spacial score (nSPS) is 15.4. The second-order valence-electron chi connectivity index (χ2n) is 7.31. The highest BCUT2D eigenvalue weighted by molar-refractivity contribution is 5.76. The van der Waals surface area contributed by atoms with Crippen LogP contribution < -0.4 is 14.8 Å². The van der Waals surface area contributed by atoms with Crippen LogP contribution >= 0.6 is 0 Å². The molecule has 0 saturated heterocycles. The van der Waals surface area contributed by atoms with Gasteiger partial charge in [0, 0.05) is 19.6 Å². The maximum absolute atomic E-state index is 12.2. The fourth-order valence-corrected chi connectivity index (χ4v) is 3.90. The highest BCUT2D eigenvalue weighted by Crippen LogP contribution is 2.32. The molecule has 156 valence electrons. The summed E-state index contributed by atoms with van der Waals surface area (Å²) >= 11 is 0. The Hall–Kier alpha value is -2.53. The van der Waals surface area contributed by atoms with Gasteiger partial charge in [0.2, 0.25) is 5.91 Å². The van der Waals surface area contributed by atoms with E-state index in [9.17, 15) is 4.79 Å². The molecule has 1 N–H and O–H groups in total. The molecule has 0 fully saturated rings. The fourth-order valence-electron chi connectivity index (χ4n) is 3.90. The smallest absolute Gasteiger partial charge is 0.220 e. The van der Waals surface area contributed by atoms with E-state index in [0.29, 0.717) is 37.5 Å². The molecule has 0 aromatic heterocycles. The molecule has 0 heterocycles. The Morgan fingerprint density at radius 1 is 1.10 bits per heavy atom. The first-order valence-corrected chi connectivity index (χ1v) is 10.4. The van der Waals surface area contributed by atoms with Crippen LogP contribution in [0.2, 0.25) is 0 Å². The lowest BCUT2D eigenvalue weighted by molar-refractivity contribution is -0.121. The third-order valence-electron chi connectivity index (χ3n) is 5.38. The van der Waals surface area contributed by atoms with Crippen LogP contribution in [0.25, 0.3) is 0 Å². The van der Waals surface area contributed by atoms with E-state index in [1.54, 1.807) is 14.2 Å². The Bertz CT molecular complexity index is 805. The molecule has 1 atom stereocenters. The van der Waals surface area contributed by atoms with E-state index in [2.05, 4.69) is 29.6 Å². The number of ether oxygens (including phenoxy) is 3. The lowest BCUT2D eigenvalue weighted by Gasteiger charge is -2.25. The third kappa shape index (κ3) is 5.73. The molecule has 0 spiro atoms. The van der Waals surface area contributed by atoms with E-state index in [0.717, 1.165) is 24.8 Å². The largest absolute Gasteiger partial charge is 0.493 e. The van der Waals surface area contributed by atoms with Crippen molar-refractivity contribution in [1.82, 2.24) is 5.32 Å². The third-order valence-corrected chi connectivity index (χ3v) is 5.38. The SMILES string of the molecule is COc1cccc(CCC(=O)NCCCOC2CCCc3ccccc32)c1OC. The van der Waals surface area contributed by atoms with E-state index in [4.69, 9.17) is 14.2 Å². The maximum atomic E-state index is 12.2. The zero-order valence-electron chi connectivity index (χ0n) is 17.4. The average Bonchev–Trinajstić information content (AvgIpc) is 2.77. The Labute approximate surface area is 173 Å². The number of rotatable bonds is 10. The lowest BCUT2D eigenvalue weighted by atomic mass is 9.89. The Balaban J connectivity index is 1.36. The summed E-state index contributed by atoms with van der Waals surface area (Å²) in [6.07, 6.45) is 5.42. The van der Waals surface area contributed by atoms with Crippen LogP contribution in [-0.2, 0) is 22.4 Å². The number of nitrogens with one attached hydrogen (secondary N) is 1. The Morgan fingerprint density at radius 3 is 2.79 bits per heavy atom. The van der Waals surface area contributed by atoms with Gasteiger partial charge in [0.15, 0.2) is 11.5 Å². The highest BCUT2D eigenvalue weighted by Gasteiger charge is 2.19. The van der Waals surface area contributed by atoms with Gasteiger partial charge in [0.05, 0.1) is 20.3 Å². The molecule has 0 bridgehead atoms. The second-order valence-corrected chi connectivity index (χ2v) is 7.31. The molecular formula is C24H31NO4. The van der Waals surface area contributed by atoms with Crippen molar-refractivity contribution in [2.45, 2.75) is 44.6 Å². The molecule has 3 rings (SSSR count). The van der Waals surface area contributed by atoms with Crippen molar-refractivity contribution in [1.29, 1.82) is 0 Å². The summed E-state index contributed by atoms with van der Waals surface area (Å²) < 4.78 is 16.8. The van der Waals surface area contributed by atoms with E-state index in [-0.39, 0.29) is 12.0 Å². The minimum Gasteiger partial charge on any atom is -0.493 e. The van der Waals surface area contributed by atoms with Crippen LogP contribution in [0.1, 0.15) is 48.5 Å². The molecule has 0 aliphatic heterocycles. The van der Waals surface area contributed by atoms with Crippen molar-refractivity contribution in [2.75, 3.05) is 27.4 Å². The van der Waals surface area contributed by atoms with Crippen LogP contribution in [-0.4, -0.2) is 33.3 Å². The molecule has 5 nitrogen and oxygen atoms in total. The van der Waals surface area contributed by atoms with Gasteiger partial charge in [-0.3, -0.25) is 4.79 Å². The number of amides is 1. The minimum atomic E-state index is 0.0397. The van der Waals surface area contributed by atoms with Crippen LogP contribution in [0.3, 0.4) is 0 Å². The summed E-state index contributed by atoms with van der Waals surface area (Å²) in [5.41, 5.74) is 3.71. The first-order chi connectivity index (χ1) is 14.2. The quantitative estimate of drug-likeness (QED) is 0.610. The molecule has 2 aromatic carbocycles. The molecule has 1 amide bonds. The second kappa shape index (κ2) is 10.9. The van der Waals surface area contributed by atoms with Gasteiger partial charge >= 0.3 is 0 Å². The molecule has 0 radical (unpaired) electrons. The molecule has 1 unspecified atom stereocenters. The van der Waals surface area contributed by atoms with Crippen molar-refractivity contribution in [2.24, 2.45) is 0 Å². The molecule has 0 saturated carbocycles. The van der Waals surface area contributed by atoms with E-state index < -0.39 is 0 Å². The summed E-state index contributed by atoms with van der Waals surface area (Å²) in [5.74, 6) is 1.42. The van der Waals surface area contributed by atoms with Gasteiger partial charge in [0.1, 0.15) is 0 Å². The van der Waals surface area contributed by atoms with Gasteiger partial charge in [-0.25, -0.2) is 0 Å². The number of carbonyl (C=O) groups excluding carboxylic acids is 1. The van der Waals surface area contributed by atoms with E-state index in [1.807, 2.05) is 18.2 Å². The molecule has 2 aromatic rings. The first kappa shape index (κ1) is 21.2. The van der Waals surface area contributed by atoms with E-state index >= 15 is 0 Å². The van der Waals surface area contributed by atoms with Gasteiger partial charge < -0.3 is 19.5 Å². The van der Waals surface area contributed by atoms with Gasteiger partial charge in [-0.2, -0.15) is 0 Å². The van der Waals surface area contributed by atoms with Crippen molar-refractivity contribution >= 4 is 5.91 Å². The number of benzene rings is 2. The number of aryl methyl sites for hydroxylation is 2. The summed E-state index contributed by atoms with van der Waals surface area (Å²) in [7, 11) is 3.23.